The standard InChI is InChI=1S/C24H18BrNO2/c1-16(26-23(27)20-12-5-6-13-21(20)24(26)28)14-22(17-8-3-2-4-9-17)18-10-7-11-19(25)15-18/h2-16H,1H3. The molecule has 0 saturated heterocycles. The van der Waals surface area contributed by atoms with E-state index in [4.69, 9.17) is 0 Å². The Bertz CT molecular complexity index is 1050. The van der Waals surface area contributed by atoms with Crippen molar-refractivity contribution in [3.8, 4) is 0 Å². The molecule has 1 aliphatic heterocycles. The van der Waals surface area contributed by atoms with Gasteiger partial charge in [-0.1, -0.05) is 76.6 Å². The van der Waals surface area contributed by atoms with E-state index >= 15 is 0 Å². The molecule has 0 aromatic heterocycles. The third-order valence-electron chi connectivity index (χ3n) is 4.86. The second-order valence-electron chi connectivity index (χ2n) is 6.72. The van der Waals surface area contributed by atoms with Crippen LogP contribution >= 0.6 is 15.9 Å². The molecule has 3 aromatic rings. The maximum absolute atomic E-state index is 12.8. The van der Waals surface area contributed by atoms with E-state index in [-0.39, 0.29) is 17.9 Å². The highest BCUT2D eigenvalue weighted by Crippen LogP contribution is 2.30. The van der Waals surface area contributed by atoms with Crippen molar-refractivity contribution >= 4 is 33.3 Å². The molecule has 28 heavy (non-hydrogen) atoms. The number of imide groups is 1. The second kappa shape index (κ2) is 7.56. The van der Waals surface area contributed by atoms with E-state index in [0.29, 0.717) is 11.1 Å². The molecule has 0 radical (unpaired) electrons. The van der Waals surface area contributed by atoms with Gasteiger partial charge in [-0.25, -0.2) is 0 Å². The lowest BCUT2D eigenvalue weighted by molar-refractivity contribution is 0.0625. The van der Waals surface area contributed by atoms with Crippen LogP contribution in [0.5, 0.6) is 0 Å². The smallest absolute Gasteiger partial charge is 0.262 e. The lowest BCUT2D eigenvalue weighted by Crippen LogP contribution is -2.37. The van der Waals surface area contributed by atoms with E-state index in [0.717, 1.165) is 21.2 Å². The monoisotopic (exact) mass is 431 g/mol. The van der Waals surface area contributed by atoms with E-state index in [9.17, 15) is 9.59 Å². The third-order valence-corrected chi connectivity index (χ3v) is 5.35. The lowest BCUT2D eigenvalue weighted by Gasteiger charge is -2.21. The Balaban J connectivity index is 1.77. The zero-order valence-electron chi connectivity index (χ0n) is 15.3. The normalized spacial score (nSPS) is 14.9. The van der Waals surface area contributed by atoms with Crippen molar-refractivity contribution in [2.24, 2.45) is 0 Å². The molecule has 0 spiro atoms. The van der Waals surface area contributed by atoms with Gasteiger partial charge >= 0.3 is 0 Å². The molecule has 0 bridgehead atoms. The molecule has 0 N–H and O–H groups in total. The number of carbonyl (C=O) groups excluding carboxylic acids is 2. The largest absolute Gasteiger partial charge is 0.269 e. The molecule has 3 nitrogen and oxygen atoms in total. The van der Waals surface area contributed by atoms with Gasteiger partial charge in [-0.2, -0.15) is 0 Å². The van der Waals surface area contributed by atoms with Crippen LogP contribution in [-0.2, 0) is 0 Å². The van der Waals surface area contributed by atoms with Crippen molar-refractivity contribution in [2.45, 2.75) is 13.0 Å². The number of fused-ring (bicyclic) bond motifs is 1. The van der Waals surface area contributed by atoms with Gasteiger partial charge in [0.1, 0.15) is 0 Å². The second-order valence-corrected chi connectivity index (χ2v) is 7.64. The van der Waals surface area contributed by atoms with Gasteiger partial charge in [0.15, 0.2) is 0 Å². The van der Waals surface area contributed by atoms with Crippen LogP contribution in [0.15, 0.2) is 89.4 Å². The molecule has 0 aliphatic carbocycles. The van der Waals surface area contributed by atoms with Crippen LogP contribution in [0.1, 0.15) is 38.8 Å². The van der Waals surface area contributed by atoms with Crippen LogP contribution in [0, 0.1) is 0 Å². The first-order valence-electron chi connectivity index (χ1n) is 9.06. The number of benzene rings is 3. The minimum absolute atomic E-state index is 0.244. The minimum atomic E-state index is -0.387. The fraction of sp³-hybridized carbons (Fsp3) is 0.0833. The predicted molar refractivity (Wildman–Crippen MR) is 114 cm³/mol. The Hall–Kier alpha value is -2.98. The van der Waals surface area contributed by atoms with Crippen molar-refractivity contribution in [1.29, 1.82) is 0 Å². The molecule has 1 unspecified atom stereocenters. The fourth-order valence-corrected chi connectivity index (χ4v) is 3.93. The summed E-state index contributed by atoms with van der Waals surface area (Å²) >= 11 is 3.53. The summed E-state index contributed by atoms with van der Waals surface area (Å²) in [5.41, 5.74) is 3.96. The molecule has 4 rings (SSSR count). The Morgan fingerprint density at radius 1 is 0.821 bits per heavy atom. The number of hydrogen-bond acceptors (Lipinski definition) is 2. The van der Waals surface area contributed by atoms with E-state index < -0.39 is 0 Å². The average Bonchev–Trinajstić information content (AvgIpc) is 2.97. The number of halogens is 1. The molecule has 0 saturated carbocycles. The molecule has 1 atom stereocenters. The van der Waals surface area contributed by atoms with Gasteiger partial charge in [0, 0.05) is 4.47 Å². The maximum atomic E-state index is 12.8. The van der Waals surface area contributed by atoms with E-state index in [1.165, 1.54) is 4.90 Å². The van der Waals surface area contributed by atoms with Crippen molar-refractivity contribution in [1.82, 2.24) is 4.90 Å². The fourth-order valence-electron chi connectivity index (χ4n) is 3.53. The van der Waals surface area contributed by atoms with Gasteiger partial charge in [0.2, 0.25) is 0 Å². The van der Waals surface area contributed by atoms with Gasteiger partial charge in [-0.3, -0.25) is 14.5 Å². The number of carbonyl (C=O) groups is 2. The van der Waals surface area contributed by atoms with Crippen LogP contribution in [0.25, 0.3) is 5.57 Å². The predicted octanol–water partition coefficient (Wildman–Crippen LogP) is 5.57. The van der Waals surface area contributed by atoms with Gasteiger partial charge in [0.25, 0.3) is 11.8 Å². The summed E-state index contributed by atoms with van der Waals surface area (Å²) in [7, 11) is 0. The zero-order chi connectivity index (χ0) is 19.7. The van der Waals surface area contributed by atoms with E-state index in [1.54, 1.807) is 24.3 Å². The first-order chi connectivity index (χ1) is 13.6. The summed E-state index contributed by atoms with van der Waals surface area (Å²) in [5, 5.41) is 0. The molecular formula is C24H18BrNO2. The van der Waals surface area contributed by atoms with Crippen molar-refractivity contribution in [3.63, 3.8) is 0 Å². The summed E-state index contributed by atoms with van der Waals surface area (Å²) in [6.45, 7) is 1.88. The van der Waals surface area contributed by atoms with Crippen molar-refractivity contribution < 1.29 is 9.59 Å². The molecule has 1 aliphatic rings. The van der Waals surface area contributed by atoms with Gasteiger partial charge in [-0.15, -0.1) is 0 Å². The SMILES string of the molecule is CC(C=C(c1ccccc1)c1cccc(Br)c1)N1C(=O)c2ccccc2C1=O. The molecule has 2 amide bonds. The highest BCUT2D eigenvalue weighted by Gasteiger charge is 2.37. The summed E-state index contributed by atoms with van der Waals surface area (Å²) in [4.78, 5) is 27.0. The van der Waals surface area contributed by atoms with Crippen LogP contribution < -0.4 is 0 Å². The Labute approximate surface area is 172 Å². The van der Waals surface area contributed by atoms with Crippen molar-refractivity contribution in [2.75, 3.05) is 0 Å². The van der Waals surface area contributed by atoms with Crippen molar-refractivity contribution in [3.05, 3.63) is 112 Å². The number of hydrogen-bond donors (Lipinski definition) is 0. The molecule has 1 heterocycles. The third kappa shape index (κ3) is 3.32. The number of nitrogens with zero attached hydrogens (tertiary/aromatic N) is 1. The summed E-state index contributed by atoms with van der Waals surface area (Å²) in [6.07, 6.45) is 1.98. The molecule has 4 heteroatoms. The lowest BCUT2D eigenvalue weighted by atomic mass is 9.96. The van der Waals surface area contributed by atoms with Crippen LogP contribution in [0.3, 0.4) is 0 Å². The maximum Gasteiger partial charge on any atom is 0.262 e. The van der Waals surface area contributed by atoms with Crippen LogP contribution in [-0.4, -0.2) is 22.8 Å². The Morgan fingerprint density at radius 3 is 2.00 bits per heavy atom. The number of rotatable bonds is 4. The van der Waals surface area contributed by atoms with E-state index in [1.807, 2.05) is 67.6 Å². The number of amides is 2. The van der Waals surface area contributed by atoms with Gasteiger partial charge in [-0.05, 0) is 47.9 Å². The molecule has 138 valence electrons. The highest BCUT2D eigenvalue weighted by atomic mass is 79.9. The van der Waals surface area contributed by atoms with Gasteiger partial charge in [0.05, 0.1) is 17.2 Å². The van der Waals surface area contributed by atoms with E-state index in [2.05, 4.69) is 15.9 Å². The molecule has 3 aromatic carbocycles. The first-order valence-corrected chi connectivity index (χ1v) is 9.85. The quantitative estimate of drug-likeness (QED) is 0.506. The summed E-state index contributed by atoms with van der Waals surface area (Å²) in [6, 6.07) is 24.6. The first kappa shape index (κ1) is 18.4. The summed E-state index contributed by atoms with van der Waals surface area (Å²) < 4.78 is 0.972. The topological polar surface area (TPSA) is 37.4 Å². The average molecular weight is 432 g/mol. The minimum Gasteiger partial charge on any atom is -0.269 e. The highest BCUT2D eigenvalue weighted by molar-refractivity contribution is 9.10. The molecule has 0 fully saturated rings. The van der Waals surface area contributed by atoms with Gasteiger partial charge < -0.3 is 0 Å². The van der Waals surface area contributed by atoms with Crippen LogP contribution in [0.4, 0.5) is 0 Å². The Morgan fingerprint density at radius 2 is 1.39 bits per heavy atom. The Kier molecular flexibility index (Phi) is 4.97. The summed E-state index contributed by atoms with van der Waals surface area (Å²) in [5.74, 6) is -0.489. The molecular weight excluding hydrogens is 414 g/mol. The van der Waals surface area contributed by atoms with Crippen LogP contribution in [0.2, 0.25) is 0 Å². The zero-order valence-corrected chi connectivity index (χ0v) is 16.9.